The van der Waals surface area contributed by atoms with Crippen molar-refractivity contribution in [1.29, 1.82) is 0 Å². The van der Waals surface area contributed by atoms with Crippen LogP contribution in [0.4, 0.5) is 17.8 Å². The van der Waals surface area contributed by atoms with Crippen molar-refractivity contribution in [3.05, 3.63) is 100 Å². The molecule has 1 aliphatic carbocycles. The molecule has 4 aromatic rings. The van der Waals surface area contributed by atoms with E-state index in [0.29, 0.717) is 36.0 Å². The Hall–Kier alpha value is -3.71. The lowest BCUT2D eigenvalue weighted by Gasteiger charge is -2.15. The summed E-state index contributed by atoms with van der Waals surface area (Å²) in [5.74, 6) is 1.59. The summed E-state index contributed by atoms with van der Waals surface area (Å²) in [6.07, 6.45) is 4.49. The second-order valence-corrected chi connectivity index (χ2v) is 8.74. The van der Waals surface area contributed by atoms with Crippen molar-refractivity contribution in [1.82, 2.24) is 19.9 Å². The molecule has 172 valence electrons. The molecule has 2 aromatic carbocycles. The van der Waals surface area contributed by atoms with Gasteiger partial charge in [0.15, 0.2) is 0 Å². The van der Waals surface area contributed by atoms with Crippen LogP contribution in [0.15, 0.2) is 72.9 Å². The summed E-state index contributed by atoms with van der Waals surface area (Å²) < 4.78 is 0. The summed E-state index contributed by atoms with van der Waals surface area (Å²) in [7, 11) is 0. The quantitative estimate of drug-likeness (QED) is 0.324. The number of hydrogen-bond acceptors (Lipinski definition) is 7. The average molecular weight is 472 g/mol. The Bertz CT molecular complexity index is 1220. The maximum Gasteiger partial charge on any atom is 0.229 e. The first kappa shape index (κ1) is 22.1. The lowest BCUT2D eigenvalue weighted by Crippen LogP contribution is -2.22. The molecule has 0 unspecified atom stereocenters. The van der Waals surface area contributed by atoms with E-state index < -0.39 is 0 Å². The van der Waals surface area contributed by atoms with Crippen LogP contribution in [-0.2, 0) is 25.8 Å². The summed E-state index contributed by atoms with van der Waals surface area (Å²) >= 11 is 6.12. The SMILES string of the molecule is Clc1cccc(CNc2nc(NCCc3ccccn3)nc(NC3Cc4ccccc4C3)n2)c1. The highest BCUT2D eigenvalue weighted by Crippen LogP contribution is 2.24. The molecule has 0 aliphatic heterocycles. The third kappa shape index (κ3) is 5.80. The monoisotopic (exact) mass is 471 g/mol. The molecule has 0 saturated heterocycles. The summed E-state index contributed by atoms with van der Waals surface area (Å²) in [5.41, 5.74) is 4.83. The summed E-state index contributed by atoms with van der Waals surface area (Å²) in [5, 5.41) is 10.8. The highest BCUT2D eigenvalue weighted by atomic mass is 35.5. The number of aromatic nitrogens is 4. The van der Waals surface area contributed by atoms with Crippen LogP contribution in [-0.4, -0.2) is 32.5 Å². The number of rotatable bonds is 9. The van der Waals surface area contributed by atoms with Crippen molar-refractivity contribution in [3.63, 3.8) is 0 Å². The van der Waals surface area contributed by atoms with E-state index in [9.17, 15) is 0 Å². The Labute approximate surface area is 204 Å². The van der Waals surface area contributed by atoms with Gasteiger partial charge in [0, 0.05) is 42.5 Å². The molecule has 2 heterocycles. The van der Waals surface area contributed by atoms with E-state index in [0.717, 1.165) is 30.5 Å². The fourth-order valence-electron chi connectivity index (χ4n) is 4.12. The summed E-state index contributed by atoms with van der Waals surface area (Å²) in [4.78, 5) is 18.2. The van der Waals surface area contributed by atoms with Gasteiger partial charge in [-0.2, -0.15) is 15.0 Å². The molecule has 8 heteroatoms. The molecule has 0 spiro atoms. The van der Waals surface area contributed by atoms with Crippen LogP contribution in [0.3, 0.4) is 0 Å². The molecular formula is C26H26ClN7. The second kappa shape index (κ2) is 10.5. The van der Waals surface area contributed by atoms with E-state index in [4.69, 9.17) is 11.6 Å². The molecule has 0 atom stereocenters. The molecule has 2 aromatic heterocycles. The second-order valence-electron chi connectivity index (χ2n) is 8.31. The van der Waals surface area contributed by atoms with Crippen molar-refractivity contribution in [3.8, 4) is 0 Å². The van der Waals surface area contributed by atoms with Crippen molar-refractivity contribution in [2.24, 2.45) is 0 Å². The minimum Gasteiger partial charge on any atom is -0.354 e. The zero-order chi connectivity index (χ0) is 23.2. The third-order valence-corrected chi connectivity index (χ3v) is 5.98. The Morgan fingerprint density at radius 2 is 1.53 bits per heavy atom. The number of fused-ring (bicyclic) bond motifs is 1. The minimum absolute atomic E-state index is 0.252. The largest absolute Gasteiger partial charge is 0.354 e. The number of hydrogen-bond donors (Lipinski definition) is 3. The Balaban J connectivity index is 1.29. The van der Waals surface area contributed by atoms with Gasteiger partial charge in [0.2, 0.25) is 17.8 Å². The lowest BCUT2D eigenvalue weighted by molar-refractivity contribution is 0.759. The van der Waals surface area contributed by atoms with Crippen molar-refractivity contribution in [2.75, 3.05) is 22.5 Å². The predicted molar refractivity (Wildman–Crippen MR) is 136 cm³/mol. The van der Waals surface area contributed by atoms with Crippen LogP contribution in [0.25, 0.3) is 0 Å². The molecule has 7 nitrogen and oxygen atoms in total. The number of nitrogens with zero attached hydrogens (tertiary/aromatic N) is 4. The number of nitrogens with one attached hydrogen (secondary N) is 3. The van der Waals surface area contributed by atoms with E-state index in [-0.39, 0.29) is 6.04 Å². The fourth-order valence-corrected chi connectivity index (χ4v) is 4.33. The molecule has 0 radical (unpaired) electrons. The highest BCUT2D eigenvalue weighted by Gasteiger charge is 2.22. The topological polar surface area (TPSA) is 87.7 Å². The van der Waals surface area contributed by atoms with Gasteiger partial charge in [-0.05, 0) is 53.8 Å². The van der Waals surface area contributed by atoms with Crippen molar-refractivity contribution >= 4 is 29.4 Å². The Morgan fingerprint density at radius 3 is 2.26 bits per heavy atom. The fraction of sp³-hybridized carbons (Fsp3) is 0.231. The summed E-state index contributed by atoms with van der Waals surface area (Å²) in [6, 6.07) is 22.5. The normalized spacial score (nSPS) is 12.9. The molecule has 0 fully saturated rings. The van der Waals surface area contributed by atoms with Crippen LogP contribution < -0.4 is 16.0 Å². The van der Waals surface area contributed by atoms with Crippen LogP contribution in [0, 0.1) is 0 Å². The van der Waals surface area contributed by atoms with Gasteiger partial charge in [-0.1, -0.05) is 54.1 Å². The zero-order valence-electron chi connectivity index (χ0n) is 18.7. The van der Waals surface area contributed by atoms with Crippen molar-refractivity contribution < 1.29 is 0 Å². The molecule has 5 rings (SSSR count). The van der Waals surface area contributed by atoms with Gasteiger partial charge in [-0.25, -0.2) is 0 Å². The van der Waals surface area contributed by atoms with E-state index >= 15 is 0 Å². The van der Waals surface area contributed by atoms with Gasteiger partial charge in [0.05, 0.1) is 0 Å². The first-order valence-electron chi connectivity index (χ1n) is 11.4. The number of benzene rings is 2. The molecule has 34 heavy (non-hydrogen) atoms. The molecule has 3 N–H and O–H groups in total. The molecule has 0 saturated carbocycles. The maximum absolute atomic E-state index is 6.12. The summed E-state index contributed by atoms with van der Waals surface area (Å²) in [6.45, 7) is 1.23. The Kier molecular flexibility index (Phi) is 6.81. The predicted octanol–water partition coefficient (Wildman–Crippen LogP) is 4.77. The van der Waals surface area contributed by atoms with Gasteiger partial charge in [0.1, 0.15) is 0 Å². The van der Waals surface area contributed by atoms with Crippen LogP contribution in [0.1, 0.15) is 22.4 Å². The maximum atomic E-state index is 6.12. The number of anilines is 3. The Morgan fingerprint density at radius 1 is 0.794 bits per heavy atom. The van der Waals surface area contributed by atoms with Crippen molar-refractivity contribution in [2.45, 2.75) is 31.8 Å². The van der Waals surface area contributed by atoms with Crippen LogP contribution in [0.2, 0.25) is 5.02 Å². The average Bonchev–Trinajstić information content (AvgIpc) is 3.26. The van der Waals surface area contributed by atoms with Gasteiger partial charge < -0.3 is 16.0 Å². The molecule has 0 bridgehead atoms. The first-order valence-corrected chi connectivity index (χ1v) is 11.8. The first-order chi connectivity index (χ1) is 16.7. The third-order valence-electron chi connectivity index (χ3n) is 5.75. The zero-order valence-corrected chi connectivity index (χ0v) is 19.5. The smallest absolute Gasteiger partial charge is 0.229 e. The van der Waals surface area contributed by atoms with Gasteiger partial charge in [0.25, 0.3) is 0 Å². The number of pyridine rings is 1. The van der Waals surface area contributed by atoms with Gasteiger partial charge in [-0.15, -0.1) is 0 Å². The van der Waals surface area contributed by atoms with Crippen LogP contribution in [0.5, 0.6) is 0 Å². The highest BCUT2D eigenvalue weighted by molar-refractivity contribution is 6.30. The van der Waals surface area contributed by atoms with E-state index in [2.05, 4.69) is 60.2 Å². The standard InChI is InChI=1S/C26H26ClN7/c27-21-9-5-6-18(14-21)17-30-25-32-24(29-13-11-22-10-3-4-12-28-22)33-26(34-25)31-23-15-19-7-1-2-8-20(19)16-23/h1-10,12,14,23H,11,13,15-17H2,(H3,29,30,31,32,33,34). The van der Waals surface area contributed by atoms with E-state index in [1.807, 2.05) is 42.5 Å². The molecule has 1 aliphatic rings. The minimum atomic E-state index is 0.252. The van der Waals surface area contributed by atoms with E-state index in [1.165, 1.54) is 11.1 Å². The number of halogens is 1. The van der Waals surface area contributed by atoms with Gasteiger partial charge in [-0.3, -0.25) is 4.98 Å². The van der Waals surface area contributed by atoms with E-state index in [1.54, 1.807) is 6.20 Å². The van der Waals surface area contributed by atoms with Crippen LogP contribution >= 0.6 is 11.6 Å². The molecule has 0 amide bonds. The molecular weight excluding hydrogens is 446 g/mol. The van der Waals surface area contributed by atoms with Gasteiger partial charge >= 0.3 is 0 Å². The lowest BCUT2D eigenvalue weighted by atomic mass is 10.1.